The van der Waals surface area contributed by atoms with Crippen molar-refractivity contribution in [1.29, 1.82) is 21.0 Å². The first-order valence-corrected chi connectivity index (χ1v) is 10.6. The zero-order valence-electron chi connectivity index (χ0n) is 18.2. The van der Waals surface area contributed by atoms with Crippen LogP contribution in [0.15, 0.2) is 94.4 Å². The van der Waals surface area contributed by atoms with Gasteiger partial charge in [-0.1, -0.05) is 12.1 Å². The molecule has 0 fully saturated rings. The Kier molecular flexibility index (Phi) is 4.41. The Morgan fingerprint density at radius 2 is 1.03 bits per heavy atom. The largest absolute Gasteiger partial charge is 0.221 e. The predicted molar refractivity (Wildman–Crippen MR) is 125 cm³/mol. The molecule has 0 radical (unpaired) electrons. The zero-order valence-corrected chi connectivity index (χ0v) is 18.2. The molecule has 0 saturated carbocycles. The van der Waals surface area contributed by atoms with Gasteiger partial charge in [-0.3, -0.25) is 0 Å². The Labute approximate surface area is 203 Å². The van der Waals surface area contributed by atoms with Crippen molar-refractivity contribution in [3.63, 3.8) is 0 Å². The number of hydrogen-bond acceptors (Lipinski definition) is 8. The molecule has 4 aromatic heterocycles. The van der Waals surface area contributed by atoms with Crippen molar-refractivity contribution in [1.82, 2.24) is 29.2 Å². The highest BCUT2D eigenvalue weighted by Crippen LogP contribution is 2.50. The van der Waals surface area contributed by atoms with Crippen LogP contribution in [0, 0.1) is 45.3 Å². The number of fused-ring (bicyclic) bond motifs is 2. The van der Waals surface area contributed by atoms with Crippen LogP contribution in [0.1, 0.15) is 11.6 Å². The average molecular weight is 462 g/mol. The van der Waals surface area contributed by atoms with Gasteiger partial charge in [0.25, 0.3) is 0 Å². The molecule has 4 heterocycles. The van der Waals surface area contributed by atoms with Crippen molar-refractivity contribution < 1.29 is 0 Å². The molecule has 10 heteroatoms. The maximum absolute atomic E-state index is 9.76. The molecule has 2 aliphatic rings. The van der Waals surface area contributed by atoms with Crippen LogP contribution in [0.5, 0.6) is 0 Å². The summed E-state index contributed by atoms with van der Waals surface area (Å²) < 4.78 is 3.18. The molecule has 0 unspecified atom stereocenters. The molecular weight excluding hydrogens is 452 g/mol. The van der Waals surface area contributed by atoms with Crippen molar-refractivity contribution in [3.8, 4) is 24.3 Å². The van der Waals surface area contributed by atoms with Crippen LogP contribution >= 0.6 is 0 Å². The van der Waals surface area contributed by atoms with Gasteiger partial charge in [-0.25, -0.2) is 19.0 Å². The molecule has 10 nitrogen and oxygen atoms in total. The van der Waals surface area contributed by atoms with Gasteiger partial charge >= 0.3 is 0 Å². The first-order valence-electron chi connectivity index (χ1n) is 10.6. The van der Waals surface area contributed by atoms with Gasteiger partial charge in [0.15, 0.2) is 22.9 Å². The summed E-state index contributed by atoms with van der Waals surface area (Å²) >= 11 is 0. The van der Waals surface area contributed by atoms with Gasteiger partial charge in [-0.05, 0) is 47.6 Å². The van der Waals surface area contributed by atoms with E-state index in [1.54, 1.807) is 45.7 Å². The average Bonchev–Trinajstić information content (AvgIpc) is 3.67. The number of allylic oxidation sites excluding steroid dienone is 10. The van der Waals surface area contributed by atoms with Gasteiger partial charge in [0.05, 0.1) is 0 Å². The lowest BCUT2D eigenvalue weighted by Crippen LogP contribution is -1.97. The summed E-state index contributed by atoms with van der Waals surface area (Å²) in [5, 5.41) is 48.1. The second kappa shape index (κ2) is 7.74. The Hall–Kier alpha value is -6.10. The third-order valence-electron chi connectivity index (χ3n) is 5.86. The van der Waals surface area contributed by atoms with Crippen molar-refractivity contribution in [3.05, 3.63) is 106 Å². The normalized spacial score (nSPS) is 14.1. The lowest BCUT2D eigenvalue weighted by molar-refractivity contribution is 0.949. The summed E-state index contributed by atoms with van der Waals surface area (Å²) in [6, 6.07) is 18.7. The topological polar surface area (TPSA) is 156 Å². The van der Waals surface area contributed by atoms with Crippen LogP contribution in [-0.2, 0) is 0 Å². The number of hydrogen-bond donors (Lipinski definition) is 0. The Morgan fingerprint density at radius 1 is 0.611 bits per heavy atom. The van der Waals surface area contributed by atoms with Gasteiger partial charge < -0.3 is 0 Å². The lowest BCUT2D eigenvalue weighted by Gasteiger charge is -2.06. The lowest BCUT2D eigenvalue weighted by atomic mass is 9.96. The van der Waals surface area contributed by atoms with Crippen molar-refractivity contribution in [2.45, 2.75) is 0 Å². The molecule has 0 aliphatic heterocycles. The molecule has 4 aromatic rings. The van der Waals surface area contributed by atoms with Gasteiger partial charge in [-0.2, -0.15) is 21.0 Å². The first kappa shape index (κ1) is 20.5. The highest BCUT2D eigenvalue weighted by atomic mass is 15.3. The second-order valence-electron chi connectivity index (χ2n) is 7.77. The molecule has 0 N–H and O–H groups in total. The van der Waals surface area contributed by atoms with E-state index in [-0.39, 0.29) is 11.1 Å². The minimum atomic E-state index is -0.139. The van der Waals surface area contributed by atoms with Crippen molar-refractivity contribution in [2.75, 3.05) is 0 Å². The van der Waals surface area contributed by atoms with Gasteiger partial charge in [0.2, 0.25) is 0 Å². The van der Waals surface area contributed by atoms with Crippen LogP contribution < -0.4 is 0 Å². The summed E-state index contributed by atoms with van der Waals surface area (Å²) in [7, 11) is 0. The Balaban J connectivity index is 1.61. The molecular formula is C26H10N10. The third-order valence-corrected chi connectivity index (χ3v) is 5.86. The van der Waals surface area contributed by atoms with E-state index in [2.05, 4.69) is 20.2 Å². The summed E-state index contributed by atoms with van der Waals surface area (Å²) in [5.74, 6) is 0.619. The maximum atomic E-state index is 9.76. The number of rotatable bonds is 2. The monoisotopic (exact) mass is 462 g/mol. The van der Waals surface area contributed by atoms with E-state index in [4.69, 9.17) is 0 Å². The minimum Gasteiger partial charge on any atom is -0.221 e. The molecule has 2 aliphatic carbocycles. The number of nitrogens with zero attached hydrogens (tertiary/aromatic N) is 10. The second-order valence-corrected chi connectivity index (χ2v) is 7.77. The van der Waals surface area contributed by atoms with E-state index in [1.165, 1.54) is 0 Å². The first-order chi connectivity index (χ1) is 17.7. The zero-order chi connectivity index (χ0) is 24.8. The number of nitriles is 4. The highest BCUT2D eigenvalue weighted by molar-refractivity contribution is 6.03. The molecule has 0 atom stereocenters. The maximum Gasteiger partial charge on any atom is 0.182 e. The molecule has 36 heavy (non-hydrogen) atoms. The van der Waals surface area contributed by atoms with E-state index in [1.807, 2.05) is 48.5 Å². The third kappa shape index (κ3) is 2.87. The van der Waals surface area contributed by atoms with E-state index >= 15 is 0 Å². The molecule has 0 amide bonds. The Morgan fingerprint density at radius 3 is 1.39 bits per heavy atom. The van der Waals surface area contributed by atoms with Gasteiger partial charge in [-0.15, -0.1) is 10.2 Å². The van der Waals surface area contributed by atoms with Crippen molar-refractivity contribution >= 4 is 22.4 Å². The van der Waals surface area contributed by atoms with E-state index in [0.717, 1.165) is 0 Å². The fourth-order valence-electron chi connectivity index (χ4n) is 4.35. The highest BCUT2D eigenvalue weighted by Gasteiger charge is 2.37. The van der Waals surface area contributed by atoms with Crippen LogP contribution in [0.2, 0.25) is 0 Å². The van der Waals surface area contributed by atoms with Crippen molar-refractivity contribution in [2.24, 2.45) is 0 Å². The fraction of sp³-hybridized carbons (Fsp3) is 0. The van der Waals surface area contributed by atoms with E-state index in [9.17, 15) is 21.0 Å². The van der Waals surface area contributed by atoms with Gasteiger partial charge in [0.1, 0.15) is 35.4 Å². The minimum absolute atomic E-state index is 0.139. The Bertz CT molecular complexity index is 1740. The summed E-state index contributed by atoms with van der Waals surface area (Å²) in [6.45, 7) is 0. The SMILES string of the molecule is N#CC(C#N)=C1C(c2nc3ccccn3n2)=CC2=C1C=C(c1nc3ccccn3n1)C2=C(C#N)C#N. The van der Waals surface area contributed by atoms with Crippen LogP contribution in [0.25, 0.3) is 22.4 Å². The summed E-state index contributed by atoms with van der Waals surface area (Å²) in [4.78, 5) is 9.10. The predicted octanol–water partition coefficient (Wildman–Crippen LogP) is 3.25. The van der Waals surface area contributed by atoms with Crippen LogP contribution in [0.4, 0.5) is 0 Å². The quantitative estimate of drug-likeness (QED) is 0.411. The fourth-order valence-corrected chi connectivity index (χ4v) is 4.35. The molecule has 0 bridgehead atoms. The summed E-state index contributed by atoms with van der Waals surface area (Å²) in [5.41, 5.74) is 3.48. The van der Waals surface area contributed by atoms with E-state index in [0.29, 0.717) is 56.4 Å². The molecule has 0 spiro atoms. The van der Waals surface area contributed by atoms with Crippen LogP contribution in [0.3, 0.4) is 0 Å². The molecule has 6 rings (SSSR count). The molecule has 0 aromatic carbocycles. The van der Waals surface area contributed by atoms with Crippen LogP contribution in [-0.4, -0.2) is 29.2 Å². The number of aromatic nitrogens is 6. The summed E-state index contributed by atoms with van der Waals surface area (Å²) in [6.07, 6.45) is 6.89. The molecule has 0 saturated heterocycles. The van der Waals surface area contributed by atoms with E-state index < -0.39 is 0 Å². The number of pyridine rings is 2. The standard InChI is InChI=1S/C26H10N10/c27-11-15(12-28)23-18-10-20(26-32-22-6-2-4-8-36(22)34-26)24(16(13-29)14-30)17(18)9-19(23)25-31-21-5-1-3-7-35(21)33-25/h1-10H. The van der Waals surface area contributed by atoms with Gasteiger partial charge in [0, 0.05) is 34.7 Å². The molecule has 164 valence electrons. The smallest absolute Gasteiger partial charge is 0.182 e.